The zero-order valence-corrected chi connectivity index (χ0v) is 19.7. The third kappa shape index (κ3) is 6.14. The van der Waals surface area contributed by atoms with Crippen LogP contribution in [0.15, 0.2) is 59.1 Å². The number of amides is 1. The molecule has 0 heterocycles. The number of anilines is 2. The molecule has 3 rings (SSSR count). The topological polar surface area (TPSA) is 50.4 Å². The molecule has 0 bridgehead atoms. The van der Waals surface area contributed by atoms with E-state index in [2.05, 4.69) is 26.6 Å². The minimum absolute atomic E-state index is 0.107. The third-order valence-electron chi connectivity index (χ3n) is 4.51. The summed E-state index contributed by atoms with van der Waals surface area (Å²) >= 11 is 15.6. The van der Waals surface area contributed by atoms with E-state index < -0.39 is 0 Å². The minimum atomic E-state index is -0.255. The number of rotatable bonds is 7. The number of aryl methyl sites for hydroxylation is 2. The second-order valence-electron chi connectivity index (χ2n) is 6.87. The van der Waals surface area contributed by atoms with Gasteiger partial charge in [0.05, 0.1) is 4.47 Å². The molecule has 0 saturated carbocycles. The molecule has 3 aromatic rings. The smallest absolute Gasteiger partial charge is 0.262 e. The van der Waals surface area contributed by atoms with E-state index in [1.54, 1.807) is 12.1 Å². The number of hydrogen-bond donors (Lipinski definition) is 2. The zero-order chi connectivity index (χ0) is 21.7. The number of carbonyl (C=O) groups is 1. The monoisotopic (exact) mass is 506 g/mol. The summed E-state index contributed by atoms with van der Waals surface area (Å²) in [5, 5.41) is 7.46. The van der Waals surface area contributed by atoms with Crippen LogP contribution in [-0.4, -0.2) is 12.5 Å². The average molecular weight is 508 g/mol. The lowest BCUT2D eigenvalue weighted by Crippen LogP contribution is -2.20. The van der Waals surface area contributed by atoms with Crippen LogP contribution in [0.1, 0.15) is 16.7 Å². The van der Waals surface area contributed by atoms with E-state index in [-0.39, 0.29) is 12.5 Å². The van der Waals surface area contributed by atoms with Crippen LogP contribution in [0.25, 0.3) is 0 Å². The predicted octanol–water partition coefficient (Wildman–Crippen LogP) is 7.00. The van der Waals surface area contributed by atoms with Crippen LogP contribution in [0.3, 0.4) is 0 Å². The highest BCUT2D eigenvalue weighted by atomic mass is 79.9. The Morgan fingerprint density at radius 1 is 0.933 bits per heavy atom. The number of benzene rings is 3. The van der Waals surface area contributed by atoms with Crippen molar-refractivity contribution in [2.24, 2.45) is 0 Å². The predicted molar refractivity (Wildman–Crippen MR) is 128 cm³/mol. The molecule has 0 atom stereocenters. The zero-order valence-electron chi connectivity index (χ0n) is 16.6. The summed E-state index contributed by atoms with van der Waals surface area (Å²) in [6.45, 7) is 4.46. The summed E-state index contributed by atoms with van der Waals surface area (Å²) in [6.07, 6.45) is 0. The first-order valence-corrected chi connectivity index (χ1v) is 10.8. The van der Waals surface area contributed by atoms with Gasteiger partial charge in [-0.2, -0.15) is 0 Å². The van der Waals surface area contributed by atoms with Gasteiger partial charge in [-0.05, 0) is 82.9 Å². The molecule has 156 valence electrons. The molecule has 0 fully saturated rings. The molecular formula is C23H21BrCl2N2O2. The van der Waals surface area contributed by atoms with Crippen molar-refractivity contribution in [1.82, 2.24) is 0 Å². The van der Waals surface area contributed by atoms with Crippen LogP contribution in [0, 0.1) is 13.8 Å². The molecule has 1 amide bonds. The fourth-order valence-electron chi connectivity index (χ4n) is 2.81. The third-order valence-corrected chi connectivity index (χ3v) is 5.60. The Morgan fingerprint density at radius 3 is 2.23 bits per heavy atom. The van der Waals surface area contributed by atoms with Crippen molar-refractivity contribution in [1.29, 1.82) is 0 Å². The van der Waals surface area contributed by atoms with E-state index in [1.165, 1.54) is 0 Å². The summed E-state index contributed by atoms with van der Waals surface area (Å²) in [5.74, 6) is 0.338. The van der Waals surface area contributed by atoms with Gasteiger partial charge in [0.15, 0.2) is 6.61 Å². The number of ether oxygens (including phenoxy) is 1. The van der Waals surface area contributed by atoms with Crippen molar-refractivity contribution in [2.75, 3.05) is 17.2 Å². The van der Waals surface area contributed by atoms with Crippen molar-refractivity contribution in [2.45, 2.75) is 20.4 Å². The number of hydrogen-bond acceptors (Lipinski definition) is 3. The van der Waals surface area contributed by atoms with Crippen LogP contribution < -0.4 is 15.4 Å². The van der Waals surface area contributed by atoms with Gasteiger partial charge in [-0.25, -0.2) is 0 Å². The first-order chi connectivity index (χ1) is 14.3. The van der Waals surface area contributed by atoms with Gasteiger partial charge >= 0.3 is 0 Å². The fraction of sp³-hybridized carbons (Fsp3) is 0.174. The molecule has 3 aromatic carbocycles. The first-order valence-electron chi connectivity index (χ1n) is 9.29. The molecule has 7 heteroatoms. The lowest BCUT2D eigenvalue weighted by molar-refractivity contribution is -0.118. The highest BCUT2D eigenvalue weighted by Gasteiger charge is 2.09. The molecule has 30 heavy (non-hydrogen) atoms. The van der Waals surface area contributed by atoms with Crippen molar-refractivity contribution in [3.63, 3.8) is 0 Å². The molecule has 0 saturated heterocycles. The van der Waals surface area contributed by atoms with Crippen LogP contribution >= 0.6 is 39.1 Å². The minimum Gasteiger partial charge on any atom is -0.483 e. The van der Waals surface area contributed by atoms with Crippen LogP contribution in [0.4, 0.5) is 11.4 Å². The van der Waals surface area contributed by atoms with E-state index in [0.29, 0.717) is 28.0 Å². The van der Waals surface area contributed by atoms with Gasteiger partial charge in [-0.3, -0.25) is 4.79 Å². The molecular weight excluding hydrogens is 487 g/mol. The summed E-state index contributed by atoms with van der Waals surface area (Å²) in [6, 6.07) is 16.9. The van der Waals surface area contributed by atoms with Crippen LogP contribution in [0.2, 0.25) is 10.0 Å². The molecule has 0 aliphatic carbocycles. The SMILES string of the molecule is Cc1ccc(Cl)cc1NCc1ccc(OCC(=O)Nc2cc(Cl)ccc2C)c(Br)c1. The normalized spacial score (nSPS) is 10.6. The Kier molecular flexibility index (Phi) is 7.64. The Bertz CT molecular complexity index is 1070. The van der Waals surface area contributed by atoms with Gasteiger partial charge in [-0.15, -0.1) is 0 Å². The van der Waals surface area contributed by atoms with E-state index in [0.717, 1.165) is 26.9 Å². The Morgan fingerprint density at radius 2 is 1.57 bits per heavy atom. The summed E-state index contributed by atoms with van der Waals surface area (Å²) < 4.78 is 6.44. The van der Waals surface area contributed by atoms with Crippen molar-refractivity contribution in [3.05, 3.63) is 85.8 Å². The summed E-state index contributed by atoms with van der Waals surface area (Å²) in [4.78, 5) is 12.2. The van der Waals surface area contributed by atoms with Gasteiger partial charge in [-0.1, -0.05) is 41.4 Å². The van der Waals surface area contributed by atoms with Gasteiger partial charge in [0.2, 0.25) is 0 Å². The maximum Gasteiger partial charge on any atom is 0.262 e. The Hall–Kier alpha value is -2.21. The van der Waals surface area contributed by atoms with Gasteiger partial charge in [0.1, 0.15) is 5.75 Å². The molecule has 0 aromatic heterocycles. The van der Waals surface area contributed by atoms with Crippen LogP contribution in [0.5, 0.6) is 5.75 Å². The molecule has 2 N–H and O–H groups in total. The maximum atomic E-state index is 12.2. The first kappa shape index (κ1) is 22.5. The molecule has 0 radical (unpaired) electrons. The molecule has 4 nitrogen and oxygen atoms in total. The second-order valence-corrected chi connectivity index (χ2v) is 8.60. The molecule has 0 spiro atoms. The number of carbonyl (C=O) groups excluding carboxylic acids is 1. The Balaban J connectivity index is 1.56. The molecule has 0 aliphatic heterocycles. The van der Waals surface area contributed by atoms with E-state index in [9.17, 15) is 4.79 Å². The van der Waals surface area contributed by atoms with Gasteiger partial charge in [0, 0.05) is 28.0 Å². The second kappa shape index (κ2) is 10.2. The largest absolute Gasteiger partial charge is 0.483 e. The van der Waals surface area contributed by atoms with Crippen LogP contribution in [-0.2, 0) is 11.3 Å². The van der Waals surface area contributed by atoms with Gasteiger partial charge < -0.3 is 15.4 Å². The fourth-order valence-corrected chi connectivity index (χ4v) is 3.70. The van der Waals surface area contributed by atoms with E-state index >= 15 is 0 Å². The van der Waals surface area contributed by atoms with Crippen molar-refractivity contribution >= 4 is 56.4 Å². The van der Waals surface area contributed by atoms with E-state index in [4.69, 9.17) is 27.9 Å². The highest BCUT2D eigenvalue weighted by molar-refractivity contribution is 9.10. The van der Waals surface area contributed by atoms with Crippen molar-refractivity contribution in [3.8, 4) is 5.75 Å². The number of nitrogens with one attached hydrogen (secondary N) is 2. The van der Waals surface area contributed by atoms with Gasteiger partial charge in [0.25, 0.3) is 5.91 Å². The van der Waals surface area contributed by atoms with Crippen molar-refractivity contribution < 1.29 is 9.53 Å². The summed E-state index contributed by atoms with van der Waals surface area (Å²) in [7, 11) is 0. The quantitative estimate of drug-likeness (QED) is 0.362. The molecule has 0 aliphatic rings. The maximum absolute atomic E-state index is 12.2. The lowest BCUT2D eigenvalue weighted by Gasteiger charge is -2.13. The average Bonchev–Trinajstić information content (AvgIpc) is 2.70. The highest BCUT2D eigenvalue weighted by Crippen LogP contribution is 2.27. The number of halogens is 3. The summed E-state index contributed by atoms with van der Waals surface area (Å²) in [5.41, 5.74) is 4.78. The lowest BCUT2D eigenvalue weighted by atomic mass is 10.1. The molecule has 0 unspecified atom stereocenters. The Labute approximate surface area is 194 Å². The standard InChI is InChI=1S/C23H21BrCl2N2O2/c1-14-3-6-17(25)10-20(14)27-12-16-5-8-22(19(24)9-16)30-13-23(29)28-21-11-18(26)7-4-15(21)2/h3-11,27H,12-13H2,1-2H3,(H,28,29). The van der Waals surface area contributed by atoms with E-state index in [1.807, 2.05) is 56.3 Å².